The average molecular weight is 2510 g/mol. The van der Waals surface area contributed by atoms with Crippen LogP contribution in [-0.2, 0) is 444 Å². The maximum absolute atomic E-state index is 4.97. The normalized spacial score (nSPS) is 6.05. The van der Waals surface area contributed by atoms with Gasteiger partial charge in [0.2, 0.25) is 0 Å². The van der Waals surface area contributed by atoms with Crippen LogP contribution in [-0.4, -0.2) is 26.5 Å². The van der Waals surface area contributed by atoms with Gasteiger partial charge in [-0.25, -0.2) is 44.9 Å². The zero-order valence-corrected chi connectivity index (χ0v) is 117. The van der Waals surface area contributed by atoms with Crippen LogP contribution < -0.4 is 0 Å². The minimum absolute atomic E-state index is 0. The molecule has 0 saturated carbocycles. The predicted octanol–water partition coefficient (Wildman–Crippen LogP) is 33.7. The largest absolute Gasteiger partial charge is 0.536 e. The number of nitrogens with zero attached hydrogens (tertiary/aromatic N) is 2. The average Bonchev–Trinajstić information content (AvgIpc) is 0.934. The van der Waals surface area contributed by atoms with E-state index in [4.69, 9.17) is 13.3 Å². The molecule has 0 heterocycles. The Morgan fingerprint density at radius 3 is 0.627 bits per heavy atom. The van der Waals surface area contributed by atoms with Crippen molar-refractivity contribution in [3.8, 4) is 0 Å². The molecule has 15 heteroatoms. The minimum atomic E-state index is 0. The van der Waals surface area contributed by atoms with Crippen molar-refractivity contribution >= 4 is 13.4 Å². The standard InChI is InChI=1S/2C9H10.C8H8.C6H12.2C5H10.C5H8.C4H7N.3C4H8.C3H5N.C3H6.13C2H6.13Y/c1-3-9-7-5-4-6-8(9)2;1-2-6-9-7-4-3-5-8-9;1-2-8-6-4-3-5-7-8;1-3-5-6-4-2;3*1-3-5-4-2;1-3-4-5-2;4*1-3-4-2;1-3-2;13*1-2;;;;;;;;;;;;;/h4-7H,1-3H2;3-5,7H,1-2,6H2;3-6H,1-2H2;1-6H2;2*1-5H2;1,3H,2,4-5H2;2H,1,3-4H2;3*1-4H2;2H,1,3H2;1-3H2;13*1-2H3;;;;;;;;;;;;;/q13*-2;;;;;;;;;;;;;;;;;;;;;;;;;;. The Kier molecular flexibility index (Phi) is 855. The minimum Gasteiger partial charge on any atom is -0.536 e. The third-order valence-electron chi connectivity index (χ3n) is 6.94. The van der Waals surface area contributed by atoms with Crippen molar-refractivity contribution < 1.29 is 425 Å². The van der Waals surface area contributed by atoms with Crippen molar-refractivity contribution in [1.29, 1.82) is 0 Å². The van der Waals surface area contributed by atoms with Crippen molar-refractivity contribution in [1.82, 2.24) is 0 Å². The molecule has 0 fully saturated rings. The van der Waals surface area contributed by atoms with Crippen molar-refractivity contribution in [2.45, 2.75) is 334 Å². The fourth-order valence-corrected chi connectivity index (χ4v) is 3.08. The molecule has 0 unspecified atom stereocenters. The van der Waals surface area contributed by atoms with Crippen molar-refractivity contribution in [2.75, 3.05) is 13.1 Å². The van der Waals surface area contributed by atoms with Crippen LogP contribution in [0.3, 0.4) is 0 Å². The van der Waals surface area contributed by atoms with E-state index in [2.05, 4.69) is 186 Å². The number of aryl methyl sites for hydroxylation is 1. The Hall–Kier alpha value is 11.0. The summed E-state index contributed by atoms with van der Waals surface area (Å²) in [5.41, 5.74) is 4.75. The summed E-state index contributed by atoms with van der Waals surface area (Å²) < 4.78 is 0. The summed E-state index contributed by atoms with van der Waals surface area (Å²) >= 11 is 0. The summed E-state index contributed by atoms with van der Waals surface area (Å²) in [6, 6.07) is 30.1. The molecule has 3 aromatic carbocycles. The maximum Gasteiger partial charge on any atom is 0 e. The predicted molar refractivity (Wildman–Crippen MR) is 480 cm³/mol. The Morgan fingerprint density at radius 1 is 0.291 bits per heavy atom. The Bertz CT molecular complexity index is 1190. The van der Waals surface area contributed by atoms with E-state index in [9.17, 15) is 0 Å². The van der Waals surface area contributed by atoms with Crippen LogP contribution in [0.25, 0.3) is 0 Å². The van der Waals surface area contributed by atoms with Crippen LogP contribution in [0.1, 0.15) is 337 Å². The molecule has 0 N–H and O–H groups in total. The van der Waals surface area contributed by atoms with Gasteiger partial charge in [-0.1, -0.05) is 212 Å². The zero-order chi connectivity index (χ0) is 82.7. The van der Waals surface area contributed by atoms with E-state index in [1.165, 1.54) is 42.4 Å². The second-order valence-electron chi connectivity index (χ2n) is 13.7. The van der Waals surface area contributed by atoms with Gasteiger partial charge in [0.25, 0.3) is 0 Å². The summed E-state index contributed by atoms with van der Waals surface area (Å²) in [5, 5.41) is 0. The van der Waals surface area contributed by atoms with Crippen molar-refractivity contribution in [3.63, 3.8) is 0 Å². The Labute approximate surface area is 1040 Å². The Balaban J connectivity index is -0.0000000154. The fraction of sp³-hybridized carbons (Fsp3) is 0.547. The quantitative estimate of drug-likeness (QED) is 0.0649. The smallest absolute Gasteiger partial charge is 0 e. The molecule has 0 atom stereocenters. The molecule has 643 valence electrons. The summed E-state index contributed by atoms with van der Waals surface area (Å²) in [4.78, 5) is 6.42. The van der Waals surface area contributed by atoms with E-state index in [0.717, 1.165) is 134 Å². The van der Waals surface area contributed by atoms with Crippen LogP contribution in [0.4, 0.5) is 0 Å². The molecule has 0 aromatic heterocycles. The van der Waals surface area contributed by atoms with E-state index in [1.807, 2.05) is 241 Å². The van der Waals surface area contributed by atoms with E-state index < -0.39 is 0 Å². The van der Waals surface area contributed by atoms with Gasteiger partial charge in [0.15, 0.2) is 0 Å². The van der Waals surface area contributed by atoms with Crippen molar-refractivity contribution in [3.05, 3.63) is 265 Å². The topological polar surface area (TPSA) is 24.7 Å². The third-order valence-corrected chi connectivity index (χ3v) is 6.94. The molecule has 0 bridgehead atoms. The van der Waals surface area contributed by atoms with Crippen LogP contribution in [0, 0.1) is 164 Å². The van der Waals surface area contributed by atoms with Gasteiger partial charge in [-0.05, 0) is 6.54 Å². The number of hydrogen-bond acceptors (Lipinski definition) is 2. The van der Waals surface area contributed by atoms with Gasteiger partial charge in [0.05, 0.1) is 0 Å². The van der Waals surface area contributed by atoms with Gasteiger partial charge in [0, 0.05) is 425 Å². The van der Waals surface area contributed by atoms with E-state index in [0.29, 0.717) is 13.1 Å². The van der Waals surface area contributed by atoms with E-state index in [1.54, 1.807) is 6.08 Å². The van der Waals surface area contributed by atoms with Crippen molar-refractivity contribution in [2.24, 2.45) is 9.98 Å². The van der Waals surface area contributed by atoms with Gasteiger partial charge in [-0.15, -0.1) is 31.5 Å². The van der Waals surface area contributed by atoms with Gasteiger partial charge in [-0.3, -0.25) is 6.08 Å². The maximum atomic E-state index is 4.97. The number of hydrogen-bond donors (Lipinski definition) is 0. The monoisotopic (exact) mass is 2510 g/mol. The molecular formula is C95H188N2Y13-26. The summed E-state index contributed by atoms with van der Waals surface area (Å²) in [7, 11) is 0. The molecule has 0 aliphatic rings. The number of aliphatic imine (C=N–C) groups is 2. The molecule has 0 saturated heterocycles. The molecule has 110 heavy (non-hydrogen) atoms. The third kappa shape index (κ3) is 460. The number of allylic oxidation sites excluding steroid dienone is 1. The zero-order valence-electron chi connectivity index (χ0n) is 79.9. The Morgan fingerprint density at radius 2 is 0.527 bits per heavy atom. The molecule has 2 nitrogen and oxygen atoms in total. The first-order chi connectivity index (χ1) is 47.3. The van der Waals surface area contributed by atoms with Gasteiger partial charge < -0.3 is 175 Å². The van der Waals surface area contributed by atoms with Crippen LogP contribution in [0.2, 0.25) is 0 Å². The molecule has 0 aliphatic heterocycles. The summed E-state index contributed by atoms with van der Waals surface area (Å²) in [6.45, 7) is 143. The SMILES string of the molecule is CC.CC.CC.CC.CC.CC.CC.CC.CC.CC.CC.CC.CC.[CH-]=CCC[CH2-].[CH-]=NCC[CH2-].[CH-]=NC[CH2-].[CH2-]CCCC[CH2-].[CH2-]CCC[CH2-].[CH2-]CCC[CH2-].[CH2-]CC[CH2-].[CH2-]CC[CH2-].[CH2-]CC[CH2-].[CH2-]CCc1[c-]cccc1.[CH2-]C[CH2-].[CH2-]Cc1[c-]cccc1.[CH2-]Cc1ccccc1[CH2-].[Y].[Y].[Y].[Y].[Y].[Y].[Y].[Y].[Y].[Y].[Y].[Y].[Y]. The molecule has 3 rings (SSSR count). The number of unbranched alkanes of at least 4 members (excludes halogenated alkanes) is 11. The molecule has 3 aromatic rings. The number of rotatable bonds is 19. The van der Waals surface area contributed by atoms with Gasteiger partial charge in [-0.2, -0.15) is 160 Å². The number of benzene rings is 3. The molecular weight excluding hydrogens is 2320 g/mol. The van der Waals surface area contributed by atoms with Gasteiger partial charge in [0.1, 0.15) is 0 Å². The first-order valence-corrected chi connectivity index (χ1v) is 38.3. The fourth-order valence-electron chi connectivity index (χ4n) is 3.08. The summed E-state index contributed by atoms with van der Waals surface area (Å²) in [6.07, 6.45) is 25.5. The molecule has 13 radical (unpaired) electrons. The van der Waals surface area contributed by atoms with Crippen LogP contribution >= 0.6 is 0 Å². The second-order valence-corrected chi connectivity index (χ2v) is 13.7. The van der Waals surface area contributed by atoms with E-state index >= 15 is 0 Å². The summed E-state index contributed by atoms with van der Waals surface area (Å²) in [5.74, 6) is 0. The first kappa shape index (κ1) is 241. The van der Waals surface area contributed by atoms with Crippen LogP contribution in [0.5, 0.6) is 0 Å². The second kappa shape index (κ2) is 390. The molecule has 0 aliphatic carbocycles. The van der Waals surface area contributed by atoms with E-state index in [-0.39, 0.29) is 425 Å². The molecule has 0 amide bonds. The van der Waals surface area contributed by atoms with Gasteiger partial charge >= 0.3 is 0 Å². The first-order valence-electron chi connectivity index (χ1n) is 38.3. The molecule has 0 spiro atoms. The van der Waals surface area contributed by atoms with Crippen LogP contribution in [0.15, 0.2) is 88.9 Å².